The standard InChI is InChI=1S/C14H20N4O2/c1-14(2,3)11-5-4-10(7-15)13(6-11)17-9-12(8-16-17)18(19)20/h8-11,13H,4-6H2,1-3H3. The number of aromatic nitrogens is 2. The summed E-state index contributed by atoms with van der Waals surface area (Å²) in [5.74, 6) is 0.383. The van der Waals surface area contributed by atoms with Gasteiger partial charge in [-0.2, -0.15) is 10.4 Å². The van der Waals surface area contributed by atoms with E-state index in [1.54, 1.807) is 4.68 Å². The number of hydrogen-bond acceptors (Lipinski definition) is 4. The molecule has 1 aromatic rings. The van der Waals surface area contributed by atoms with Gasteiger partial charge in [0.1, 0.15) is 12.4 Å². The molecule has 6 nitrogen and oxygen atoms in total. The number of nitrogens with zero attached hydrogens (tertiary/aromatic N) is 4. The Bertz CT molecular complexity index is 538. The summed E-state index contributed by atoms with van der Waals surface area (Å²) in [7, 11) is 0. The zero-order valence-electron chi connectivity index (χ0n) is 12.1. The van der Waals surface area contributed by atoms with Crippen LogP contribution in [0.15, 0.2) is 12.4 Å². The molecule has 6 heteroatoms. The minimum Gasteiger partial charge on any atom is -0.261 e. The minimum atomic E-state index is -0.449. The van der Waals surface area contributed by atoms with Crippen molar-refractivity contribution in [3.05, 3.63) is 22.5 Å². The van der Waals surface area contributed by atoms with Gasteiger partial charge >= 0.3 is 5.69 Å². The summed E-state index contributed by atoms with van der Waals surface area (Å²) in [6.45, 7) is 6.60. The van der Waals surface area contributed by atoms with Gasteiger partial charge in [-0.15, -0.1) is 0 Å². The molecular formula is C14H20N4O2. The molecule has 0 bridgehead atoms. The molecule has 2 rings (SSSR count). The van der Waals surface area contributed by atoms with Gasteiger partial charge in [0, 0.05) is 0 Å². The molecule has 1 aromatic heterocycles. The zero-order valence-corrected chi connectivity index (χ0v) is 12.1. The Morgan fingerprint density at radius 2 is 2.20 bits per heavy atom. The van der Waals surface area contributed by atoms with Crippen molar-refractivity contribution in [1.82, 2.24) is 9.78 Å². The lowest BCUT2D eigenvalue weighted by Crippen LogP contribution is -2.33. The van der Waals surface area contributed by atoms with Crippen LogP contribution < -0.4 is 0 Å². The van der Waals surface area contributed by atoms with Gasteiger partial charge in [-0.25, -0.2) is 0 Å². The molecule has 0 N–H and O–H groups in total. The van der Waals surface area contributed by atoms with Crippen molar-refractivity contribution in [2.75, 3.05) is 0 Å². The fraction of sp³-hybridized carbons (Fsp3) is 0.714. The van der Waals surface area contributed by atoms with Crippen LogP contribution in [0.3, 0.4) is 0 Å². The second-order valence-electron chi connectivity index (χ2n) is 6.61. The van der Waals surface area contributed by atoms with Crippen molar-refractivity contribution >= 4 is 5.69 Å². The van der Waals surface area contributed by atoms with E-state index >= 15 is 0 Å². The maximum absolute atomic E-state index is 10.8. The molecule has 0 aromatic carbocycles. The topological polar surface area (TPSA) is 84.8 Å². The van der Waals surface area contributed by atoms with Crippen molar-refractivity contribution in [2.24, 2.45) is 17.3 Å². The normalized spacial score (nSPS) is 27.0. The van der Waals surface area contributed by atoms with Crippen molar-refractivity contribution in [3.8, 4) is 6.07 Å². The first-order chi connectivity index (χ1) is 9.32. The number of nitriles is 1. The largest absolute Gasteiger partial charge is 0.307 e. The van der Waals surface area contributed by atoms with Gasteiger partial charge in [-0.3, -0.25) is 14.8 Å². The summed E-state index contributed by atoms with van der Waals surface area (Å²) >= 11 is 0. The number of nitro groups is 1. The first-order valence-corrected chi connectivity index (χ1v) is 6.91. The second-order valence-corrected chi connectivity index (χ2v) is 6.61. The van der Waals surface area contributed by atoms with Crippen LogP contribution in [-0.2, 0) is 0 Å². The summed E-state index contributed by atoms with van der Waals surface area (Å²) in [5, 5.41) is 24.2. The molecule has 1 aliphatic carbocycles. The highest BCUT2D eigenvalue weighted by Gasteiger charge is 2.37. The van der Waals surface area contributed by atoms with Crippen LogP contribution in [0.4, 0.5) is 5.69 Å². The molecule has 1 saturated carbocycles. The third kappa shape index (κ3) is 2.82. The summed E-state index contributed by atoms with van der Waals surface area (Å²) in [6, 6.07) is 2.27. The third-order valence-electron chi connectivity index (χ3n) is 4.35. The maximum atomic E-state index is 10.8. The Labute approximate surface area is 118 Å². The van der Waals surface area contributed by atoms with Crippen LogP contribution in [0.25, 0.3) is 0 Å². The molecule has 0 radical (unpaired) electrons. The van der Waals surface area contributed by atoms with E-state index in [9.17, 15) is 15.4 Å². The molecule has 1 heterocycles. The van der Waals surface area contributed by atoms with Crippen molar-refractivity contribution in [3.63, 3.8) is 0 Å². The Balaban J connectivity index is 2.25. The maximum Gasteiger partial charge on any atom is 0.307 e. The van der Waals surface area contributed by atoms with Crippen molar-refractivity contribution < 1.29 is 4.92 Å². The van der Waals surface area contributed by atoms with E-state index in [0.717, 1.165) is 19.3 Å². The molecule has 0 aliphatic heterocycles. The lowest BCUT2D eigenvalue weighted by molar-refractivity contribution is -0.385. The van der Waals surface area contributed by atoms with Gasteiger partial charge in [0.15, 0.2) is 0 Å². The molecule has 3 atom stereocenters. The smallest absolute Gasteiger partial charge is 0.261 e. The predicted molar refractivity (Wildman–Crippen MR) is 73.8 cm³/mol. The van der Waals surface area contributed by atoms with Gasteiger partial charge in [-0.05, 0) is 30.6 Å². The highest BCUT2D eigenvalue weighted by molar-refractivity contribution is 5.21. The molecular weight excluding hydrogens is 256 g/mol. The first-order valence-electron chi connectivity index (χ1n) is 6.91. The highest BCUT2D eigenvalue weighted by atomic mass is 16.6. The molecule has 3 unspecified atom stereocenters. The quantitative estimate of drug-likeness (QED) is 0.612. The van der Waals surface area contributed by atoms with E-state index in [1.165, 1.54) is 12.4 Å². The van der Waals surface area contributed by atoms with Gasteiger partial charge in [-0.1, -0.05) is 20.8 Å². The summed E-state index contributed by atoms with van der Waals surface area (Å²) < 4.78 is 1.62. The minimum absolute atomic E-state index is 0.0143. The monoisotopic (exact) mass is 276 g/mol. The molecule has 0 amide bonds. The van der Waals surface area contributed by atoms with E-state index in [1.807, 2.05) is 0 Å². The van der Waals surface area contributed by atoms with Crippen LogP contribution in [0.2, 0.25) is 0 Å². The summed E-state index contributed by atoms with van der Waals surface area (Å²) in [5.41, 5.74) is 0.164. The molecule has 0 saturated heterocycles. The van der Waals surface area contributed by atoms with Crippen LogP contribution >= 0.6 is 0 Å². The first kappa shape index (κ1) is 14.5. The fourth-order valence-electron chi connectivity index (χ4n) is 2.98. The number of rotatable bonds is 2. The van der Waals surface area contributed by atoms with Crippen LogP contribution in [-0.4, -0.2) is 14.7 Å². The second kappa shape index (κ2) is 5.23. The lowest BCUT2D eigenvalue weighted by atomic mass is 9.68. The number of hydrogen-bond donors (Lipinski definition) is 0. The lowest BCUT2D eigenvalue weighted by Gasteiger charge is -2.39. The molecule has 1 aliphatic rings. The van der Waals surface area contributed by atoms with Gasteiger partial charge in [0.25, 0.3) is 0 Å². The predicted octanol–water partition coefficient (Wildman–Crippen LogP) is 3.32. The van der Waals surface area contributed by atoms with Crippen LogP contribution in [0.1, 0.15) is 46.1 Å². The Kier molecular flexibility index (Phi) is 3.80. The van der Waals surface area contributed by atoms with Crippen LogP contribution in [0, 0.1) is 38.7 Å². The average molecular weight is 276 g/mol. The van der Waals surface area contributed by atoms with Crippen LogP contribution in [0.5, 0.6) is 0 Å². The SMILES string of the molecule is CC(C)(C)C1CCC(C#N)C(n2cc([N+](=O)[O-])cn2)C1. The van der Waals surface area contributed by atoms with Gasteiger partial charge < -0.3 is 0 Å². The van der Waals surface area contributed by atoms with E-state index in [4.69, 9.17) is 0 Å². The van der Waals surface area contributed by atoms with E-state index < -0.39 is 4.92 Å². The molecule has 108 valence electrons. The summed E-state index contributed by atoms with van der Waals surface area (Å²) in [4.78, 5) is 10.3. The van der Waals surface area contributed by atoms with Gasteiger partial charge in [0.2, 0.25) is 0 Å². The van der Waals surface area contributed by atoms with E-state index in [0.29, 0.717) is 5.92 Å². The Hall–Kier alpha value is -1.90. The Morgan fingerprint density at radius 3 is 2.70 bits per heavy atom. The van der Waals surface area contributed by atoms with Gasteiger partial charge in [0.05, 0.1) is 23.0 Å². The van der Waals surface area contributed by atoms with E-state index in [-0.39, 0.29) is 23.1 Å². The average Bonchev–Trinajstić information content (AvgIpc) is 2.86. The molecule has 1 fully saturated rings. The van der Waals surface area contributed by atoms with E-state index in [2.05, 4.69) is 31.9 Å². The van der Waals surface area contributed by atoms with Crippen molar-refractivity contribution in [1.29, 1.82) is 5.26 Å². The summed E-state index contributed by atoms with van der Waals surface area (Å²) in [6.07, 6.45) is 5.41. The van der Waals surface area contributed by atoms with Crippen molar-refractivity contribution in [2.45, 2.75) is 46.1 Å². The molecule has 0 spiro atoms. The highest BCUT2D eigenvalue weighted by Crippen LogP contribution is 2.44. The zero-order chi connectivity index (χ0) is 14.9. The Morgan fingerprint density at radius 1 is 1.50 bits per heavy atom. The third-order valence-corrected chi connectivity index (χ3v) is 4.35. The molecule has 20 heavy (non-hydrogen) atoms. The fourth-order valence-corrected chi connectivity index (χ4v) is 2.98.